The predicted octanol–water partition coefficient (Wildman–Crippen LogP) is 4.59. The number of benzene rings is 2. The van der Waals surface area contributed by atoms with Crippen molar-refractivity contribution in [3.63, 3.8) is 0 Å². The maximum atomic E-state index is 14.5. The summed E-state index contributed by atoms with van der Waals surface area (Å²) in [5.74, 6) is -0.691. The third-order valence-electron chi connectivity index (χ3n) is 5.37. The highest BCUT2D eigenvalue weighted by Gasteiger charge is 2.17. The second-order valence-corrected chi connectivity index (χ2v) is 7.37. The van der Waals surface area contributed by atoms with Crippen molar-refractivity contribution >= 4 is 5.91 Å². The molecule has 0 spiro atoms. The van der Waals surface area contributed by atoms with Crippen LogP contribution in [0.5, 0.6) is 0 Å². The molecule has 3 nitrogen and oxygen atoms in total. The fraction of sp³-hybridized carbons (Fsp3) is 0.435. The number of likely N-dealkylation sites (tertiary alicyclic amines) is 1. The van der Waals surface area contributed by atoms with E-state index in [2.05, 4.69) is 10.2 Å². The molecule has 1 fully saturated rings. The van der Waals surface area contributed by atoms with E-state index in [1.54, 1.807) is 6.07 Å². The van der Waals surface area contributed by atoms with Crippen LogP contribution >= 0.6 is 0 Å². The van der Waals surface area contributed by atoms with E-state index < -0.39 is 0 Å². The summed E-state index contributed by atoms with van der Waals surface area (Å²) < 4.78 is 14.5. The van der Waals surface area contributed by atoms with Crippen LogP contribution in [-0.4, -0.2) is 37.0 Å². The second-order valence-electron chi connectivity index (χ2n) is 7.37. The van der Waals surface area contributed by atoms with Gasteiger partial charge in [-0.05, 0) is 63.0 Å². The van der Waals surface area contributed by atoms with Crippen LogP contribution < -0.4 is 5.32 Å². The third-order valence-corrected chi connectivity index (χ3v) is 5.37. The molecular formula is C23H29FN2O. The van der Waals surface area contributed by atoms with E-state index >= 15 is 0 Å². The van der Waals surface area contributed by atoms with Crippen molar-refractivity contribution in [3.05, 3.63) is 59.9 Å². The van der Waals surface area contributed by atoms with Gasteiger partial charge in [0.25, 0.3) is 0 Å². The largest absolute Gasteiger partial charge is 0.356 e. The molecule has 1 N–H and O–H groups in total. The van der Waals surface area contributed by atoms with Gasteiger partial charge in [0.15, 0.2) is 0 Å². The number of amides is 1. The first kappa shape index (κ1) is 19.6. The number of piperidine rings is 1. The molecule has 1 aliphatic rings. The number of carbonyl (C=O) groups excluding carboxylic acids is 1. The number of nitrogens with one attached hydrogen (secondary N) is 1. The fourth-order valence-electron chi connectivity index (χ4n) is 3.65. The van der Waals surface area contributed by atoms with Crippen molar-refractivity contribution in [1.82, 2.24) is 10.2 Å². The molecule has 1 unspecified atom stereocenters. The van der Waals surface area contributed by atoms with Crippen LogP contribution in [0.25, 0.3) is 11.1 Å². The summed E-state index contributed by atoms with van der Waals surface area (Å²) in [5, 5.41) is 3.00. The van der Waals surface area contributed by atoms with E-state index in [-0.39, 0.29) is 17.6 Å². The van der Waals surface area contributed by atoms with E-state index in [1.165, 1.54) is 38.4 Å². The van der Waals surface area contributed by atoms with Crippen molar-refractivity contribution in [1.29, 1.82) is 0 Å². The summed E-state index contributed by atoms with van der Waals surface area (Å²) >= 11 is 0. The number of rotatable bonds is 7. The second kappa shape index (κ2) is 9.65. The Labute approximate surface area is 161 Å². The van der Waals surface area contributed by atoms with Crippen LogP contribution in [0.4, 0.5) is 4.39 Å². The van der Waals surface area contributed by atoms with Crippen LogP contribution in [0, 0.1) is 5.82 Å². The quantitative estimate of drug-likeness (QED) is 0.725. The average molecular weight is 368 g/mol. The number of hydrogen-bond donors (Lipinski definition) is 1. The molecule has 1 amide bonds. The number of hydrogen-bond acceptors (Lipinski definition) is 2. The minimum absolute atomic E-state index is 0.0412. The topological polar surface area (TPSA) is 32.3 Å². The van der Waals surface area contributed by atoms with Gasteiger partial charge in [-0.1, -0.05) is 48.9 Å². The van der Waals surface area contributed by atoms with Crippen molar-refractivity contribution in [2.45, 2.75) is 38.5 Å². The lowest BCUT2D eigenvalue weighted by atomic mass is 9.96. The predicted molar refractivity (Wildman–Crippen MR) is 108 cm³/mol. The minimum atomic E-state index is -0.362. The van der Waals surface area contributed by atoms with Crippen LogP contribution in [0.15, 0.2) is 48.5 Å². The maximum Gasteiger partial charge on any atom is 0.227 e. The Morgan fingerprint density at radius 1 is 1.11 bits per heavy atom. The van der Waals surface area contributed by atoms with E-state index in [9.17, 15) is 9.18 Å². The molecular weight excluding hydrogens is 339 g/mol. The Hall–Kier alpha value is -2.20. The van der Waals surface area contributed by atoms with Crippen LogP contribution in [0.2, 0.25) is 0 Å². The zero-order valence-corrected chi connectivity index (χ0v) is 16.1. The molecule has 4 heteroatoms. The van der Waals surface area contributed by atoms with Gasteiger partial charge in [0.2, 0.25) is 5.91 Å². The summed E-state index contributed by atoms with van der Waals surface area (Å²) in [4.78, 5) is 14.9. The van der Waals surface area contributed by atoms with Gasteiger partial charge in [0.05, 0.1) is 5.92 Å². The van der Waals surface area contributed by atoms with E-state index in [0.29, 0.717) is 17.7 Å². The lowest BCUT2D eigenvalue weighted by molar-refractivity contribution is -0.122. The van der Waals surface area contributed by atoms with Gasteiger partial charge >= 0.3 is 0 Å². The molecule has 2 aromatic rings. The van der Waals surface area contributed by atoms with Crippen LogP contribution in [0.3, 0.4) is 0 Å². The van der Waals surface area contributed by atoms with Gasteiger partial charge in [-0.15, -0.1) is 0 Å². The first-order valence-electron chi connectivity index (χ1n) is 10.00. The number of carbonyl (C=O) groups is 1. The maximum absolute atomic E-state index is 14.5. The minimum Gasteiger partial charge on any atom is -0.356 e. The highest BCUT2D eigenvalue weighted by molar-refractivity contribution is 5.83. The summed E-state index contributed by atoms with van der Waals surface area (Å²) in [5.41, 5.74) is 2.12. The molecule has 0 saturated carbocycles. The van der Waals surface area contributed by atoms with E-state index in [4.69, 9.17) is 0 Å². The lowest BCUT2D eigenvalue weighted by Gasteiger charge is -2.26. The van der Waals surface area contributed by atoms with Crippen LogP contribution in [0.1, 0.15) is 44.1 Å². The van der Waals surface area contributed by atoms with Gasteiger partial charge in [-0.3, -0.25) is 4.79 Å². The first-order chi connectivity index (χ1) is 13.1. The Bertz CT molecular complexity index is 741. The Morgan fingerprint density at radius 2 is 1.85 bits per heavy atom. The summed E-state index contributed by atoms with van der Waals surface area (Å²) in [6.45, 7) is 5.89. The zero-order valence-electron chi connectivity index (χ0n) is 16.1. The molecule has 0 aliphatic carbocycles. The van der Waals surface area contributed by atoms with Gasteiger partial charge in [-0.2, -0.15) is 0 Å². The highest BCUT2D eigenvalue weighted by Crippen LogP contribution is 2.26. The average Bonchev–Trinajstić information content (AvgIpc) is 2.72. The standard InChI is InChI=1S/C23H29FN2O/c1-18(23(27)25-13-8-16-26-14-6-3-7-15-26)20-11-12-21(22(24)17-20)19-9-4-2-5-10-19/h2,4-5,9-12,17-18H,3,6-8,13-16H2,1H3,(H,25,27). The number of nitrogens with zero attached hydrogens (tertiary/aromatic N) is 1. The molecule has 1 aliphatic heterocycles. The monoisotopic (exact) mass is 368 g/mol. The summed E-state index contributed by atoms with van der Waals surface area (Å²) in [7, 11) is 0. The van der Waals surface area contributed by atoms with E-state index in [0.717, 1.165) is 18.5 Å². The Balaban J connectivity index is 1.51. The molecule has 1 atom stereocenters. The smallest absolute Gasteiger partial charge is 0.227 e. The fourth-order valence-corrected chi connectivity index (χ4v) is 3.65. The highest BCUT2D eigenvalue weighted by atomic mass is 19.1. The molecule has 144 valence electrons. The molecule has 1 saturated heterocycles. The molecule has 2 aromatic carbocycles. The normalized spacial score (nSPS) is 16.1. The molecule has 0 radical (unpaired) electrons. The van der Waals surface area contributed by atoms with Gasteiger partial charge in [0, 0.05) is 12.1 Å². The van der Waals surface area contributed by atoms with Crippen molar-refractivity contribution < 1.29 is 9.18 Å². The number of halogens is 1. The molecule has 27 heavy (non-hydrogen) atoms. The lowest BCUT2D eigenvalue weighted by Crippen LogP contribution is -2.34. The van der Waals surface area contributed by atoms with Gasteiger partial charge in [0.1, 0.15) is 5.82 Å². The van der Waals surface area contributed by atoms with Crippen molar-refractivity contribution in [3.8, 4) is 11.1 Å². The molecule has 0 bridgehead atoms. The summed E-state index contributed by atoms with van der Waals surface area (Å²) in [6.07, 6.45) is 4.87. The Kier molecular flexibility index (Phi) is 6.99. The van der Waals surface area contributed by atoms with Gasteiger partial charge in [-0.25, -0.2) is 4.39 Å². The SMILES string of the molecule is CC(C(=O)NCCCN1CCCCC1)c1ccc(-c2ccccc2)c(F)c1. The summed E-state index contributed by atoms with van der Waals surface area (Å²) in [6, 6.07) is 14.6. The third kappa shape index (κ3) is 5.39. The van der Waals surface area contributed by atoms with Gasteiger partial charge < -0.3 is 10.2 Å². The van der Waals surface area contributed by atoms with E-state index in [1.807, 2.05) is 43.3 Å². The van der Waals surface area contributed by atoms with Crippen LogP contribution in [-0.2, 0) is 4.79 Å². The molecule has 1 heterocycles. The molecule has 3 rings (SSSR count). The van der Waals surface area contributed by atoms with Crippen molar-refractivity contribution in [2.75, 3.05) is 26.2 Å². The first-order valence-corrected chi connectivity index (χ1v) is 10.00. The molecule has 0 aromatic heterocycles. The van der Waals surface area contributed by atoms with Crippen molar-refractivity contribution in [2.24, 2.45) is 0 Å². The zero-order chi connectivity index (χ0) is 19.1. The Morgan fingerprint density at radius 3 is 2.56 bits per heavy atom.